The molecule has 8 nitrogen and oxygen atoms in total. The van der Waals surface area contributed by atoms with Gasteiger partial charge in [-0.3, -0.25) is 14.9 Å². The molecule has 0 spiro atoms. The maximum absolute atomic E-state index is 13.4. The summed E-state index contributed by atoms with van der Waals surface area (Å²) in [5.74, 6) is 0.127. The second-order valence-electron chi connectivity index (χ2n) is 8.05. The third-order valence-electron chi connectivity index (χ3n) is 6.34. The minimum atomic E-state index is -3.19. The highest BCUT2D eigenvalue weighted by atomic mass is 32.2. The van der Waals surface area contributed by atoms with Crippen LogP contribution in [0.2, 0.25) is 0 Å². The molecule has 0 aliphatic carbocycles. The van der Waals surface area contributed by atoms with Crippen molar-refractivity contribution >= 4 is 15.9 Å². The average Bonchev–Trinajstić information content (AvgIpc) is 3.29. The number of nitrogens with one attached hydrogen (secondary N) is 1. The molecule has 1 N–H and O–H groups in total. The number of pyridine rings is 1. The number of hydrogen-bond acceptors (Lipinski definition) is 5. The highest BCUT2D eigenvalue weighted by Gasteiger charge is 2.37. The molecule has 2 aliphatic heterocycles. The number of likely N-dealkylation sites (tertiary alicyclic amines) is 1. The molecular formula is C21H29N5O3S. The molecule has 4 rings (SSSR count). The molecule has 1 amide bonds. The highest BCUT2D eigenvalue weighted by molar-refractivity contribution is 7.89. The Kier molecular flexibility index (Phi) is 6.19. The molecule has 0 saturated carbocycles. The van der Waals surface area contributed by atoms with Crippen LogP contribution in [0.3, 0.4) is 0 Å². The molecular weight excluding hydrogens is 402 g/mol. The van der Waals surface area contributed by atoms with Crippen molar-refractivity contribution < 1.29 is 13.2 Å². The van der Waals surface area contributed by atoms with Crippen molar-refractivity contribution in [1.29, 1.82) is 0 Å². The van der Waals surface area contributed by atoms with Gasteiger partial charge in [0.1, 0.15) is 0 Å². The summed E-state index contributed by atoms with van der Waals surface area (Å²) in [5, 5.41) is 7.41. The van der Waals surface area contributed by atoms with Crippen molar-refractivity contribution in [3.63, 3.8) is 0 Å². The second kappa shape index (κ2) is 8.85. The van der Waals surface area contributed by atoms with Crippen LogP contribution < -0.4 is 0 Å². The van der Waals surface area contributed by atoms with Crippen LogP contribution in [-0.4, -0.2) is 64.1 Å². The van der Waals surface area contributed by atoms with Crippen molar-refractivity contribution in [2.24, 2.45) is 5.92 Å². The minimum absolute atomic E-state index is 0.0330. The molecule has 2 aromatic heterocycles. The van der Waals surface area contributed by atoms with Gasteiger partial charge in [-0.05, 0) is 56.7 Å². The predicted octanol–water partition coefficient (Wildman–Crippen LogP) is 2.59. The summed E-state index contributed by atoms with van der Waals surface area (Å²) in [6.45, 7) is 3.25. The van der Waals surface area contributed by atoms with Gasteiger partial charge in [-0.1, -0.05) is 0 Å². The van der Waals surface area contributed by atoms with E-state index in [-0.39, 0.29) is 23.6 Å². The molecule has 4 heterocycles. The van der Waals surface area contributed by atoms with Crippen LogP contribution in [0.5, 0.6) is 0 Å². The van der Waals surface area contributed by atoms with Crippen LogP contribution in [0.25, 0.3) is 11.1 Å². The monoisotopic (exact) mass is 431 g/mol. The van der Waals surface area contributed by atoms with Gasteiger partial charge in [0.15, 0.2) is 0 Å². The zero-order valence-electron chi connectivity index (χ0n) is 17.3. The van der Waals surface area contributed by atoms with Crippen molar-refractivity contribution in [3.8, 4) is 11.1 Å². The van der Waals surface area contributed by atoms with Gasteiger partial charge >= 0.3 is 0 Å². The first-order valence-corrected chi connectivity index (χ1v) is 12.3. The number of hydrogen-bond donors (Lipinski definition) is 1. The fourth-order valence-corrected chi connectivity index (χ4v) is 5.74. The van der Waals surface area contributed by atoms with Gasteiger partial charge in [-0.15, -0.1) is 0 Å². The number of carbonyl (C=O) groups excluding carboxylic acids is 1. The van der Waals surface area contributed by atoms with Crippen LogP contribution in [0.1, 0.15) is 50.8 Å². The lowest BCUT2D eigenvalue weighted by molar-refractivity contribution is -0.140. The molecule has 2 fully saturated rings. The lowest BCUT2D eigenvalue weighted by Crippen LogP contribution is -2.47. The molecule has 9 heteroatoms. The number of aromatic nitrogens is 3. The van der Waals surface area contributed by atoms with Gasteiger partial charge in [-0.25, -0.2) is 12.7 Å². The Balaban J connectivity index is 1.52. The Bertz CT molecular complexity index is 968. The number of piperidine rings is 2. The van der Waals surface area contributed by atoms with Crippen LogP contribution in [0.15, 0.2) is 30.7 Å². The zero-order valence-corrected chi connectivity index (χ0v) is 18.1. The molecule has 1 atom stereocenters. The van der Waals surface area contributed by atoms with E-state index in [1.54, 1.807) is 19.3 Å². The van der Waals surface area contributed by atoms with E-state index in [9.17, 15) is 13.2 Å². The molecule has 2 saturated heterocycles. The first-order chi connectivity index (χ1) is 14.5. The van der Waals surface area contributed by atoms with Gasteiger partial charge in [0, 0.05) is 43.5 Å². The van der Waals surface area contributed by atoms with Gasteiger partial charge < -0.3 is 4.90 Å². The lowest BCUT2D eigenvalue weighted by atomic mass is 9.91. The SMILES string of the molecule is CCS(=O)(=O)N1CCC(C(=O)N2CCCCC2c2[nH]ncc2-c2ccncc2)CC1. The summed E-state index contributed by atoms with van der Waals surface area (Å²) >= 11 is 0. The Hall–Kier alpha value is -2.26. The van der Waals surface area contributed by atoms with E-state index in [2.05, 4.69) is 15.2 Å². The summed E-state index contributed by atoms with van der Waals surface area (Å²) in [6.07, 6.45) is 9.45. The van der Waals surface area contributed by atoms with Gasteiger partial charge in [0.25, 0.3) is 0 Å². The Morgan fingerprint density at radius 3 is 2.57 bits per heavy atom. The molecule has 162 valence electrons. The standard InChI is InChI=1S/C21H29N5O3S/c1-2-30(28,29)25-13-8-17(9-14-25)21(27)26-12-4-3-5-19(26)20-18(15-23-24-20)16-6-10-22-11-7-16/h6-7,10-11,15,17,19H,2-5,8-9,12-14H2,1H3,(H,23,24). The van der Waals surface area contributed by atoms with E-state index in [1.165, 1.54) is 4.31 Å². The quantitative estimate of drug-likeness (QED) is 0.784. The van der Waals surface area contributed by atoms with E-state index < -0.39 is 10.0 Å². The molecule has 1 unspecified atom stereocenters. The second-order valence-corrected chi connectivity index (χ2v) is 10.3. The molecule has 0 radical (unpaired) electrons. The molecule has 2 aromatic rings. The number of H-pyrrole nitrogens is 1. The summed E-state index contributed by atoms with van der Waals surface area (Å²) in [6, 6.07) is 3.87. The summed E-state index contributed by atoms with van der Waals surface area (Å²) in [4.78, 5) is 19.5. The first kappa shape index (κ1) is 21.0. The van der Waals surface area contributed by atoms with E-state index in [0.717, 1.165) is 42.6 Å². The molecule has 0 bridgehead atoms. The van der Waals surface area contributed by atoms with Crippen LogP contribution in [0.4, 0.5) is 0 Å². The average molecular weight is 432 g/mol. The molecule has 30 heavy (non-hydrogen) atoms. The van der Waals surface area contributed by atoms with E-state index in [1.807, 2.05) is 23.2 Å². The van der Waals surface area contributed by atoms with Crippen molar-refractivity contribution in [2.45, 2.75) is 45.1 Å². The minimum Gasteiger partial charge on any atom is -0.334 e. The Morgan fingerprint density at radius 1 is 1.13 bits per heavy atom. The molecule has 2 aliphatic rings. The molecule has 0 aromatic carbocycles. The highest BCUT2D eigenvalue weighted by Crippen LogP contribution is 2.37. The van der Waals surface area contributed by atoms with Crippen LogP contribution in [-0.2, 0) is 14.8 Å². The number of carbonyl (C=O) groups is 1. The van der Waals surface area contributed by atoms with Gasteiger partial charge in [0.2, 0.25) is 15.9 Å². The van der Waals surface area contributed by atoms with E-state index >= 15 is 0 Å². The number of nitrogens with zero attached hydrogens (tertiary/aromatic N) is 4. The number of aromatic amines is 1. The van der Waals surface area contributed by atoms with Gasteiger partial charge in [-0.2, -0.15) is 5.10 Å². The normalized spacial score (nSPS) is 21.6. The zero-order chi connectivity index (χ0) is 21.1. The predicted molar refractivity (Wildman–Crippen MR) is 114 cm³/mol. The smallest absolute Gasteiger partial charge is 0.226 e. The fourth-order valence-electron chi connectivity index (χ4n) is 4.61. The fraction of sp³-hybridized carbons (Fsp3) is 0.571. The summed E-state index contributed by atoms with van der Waals surface area (Å²) in [5.41, 5.74) is 3.01. The Morgan fingerprint density at radius 2 is 1.87 bits per heavy atom. The number of rotatable bonds is 5. The van der Waals surface area contributed by atoms with Gasteiger partial charge in [0.05, 0.1) is 23.7 Å². The maximum Gasteiger partial charge on any atom is 0.226 e. The number of amides is 1. The lowest BCUT2D eigenvalue weighted by Gasteiger charge is -2.39. The topological polar surface area (TPSA) is 99.3 Å². The Labute approximate surface area is 177 Å². The third kappa shape index (κ3) is 4.13. The van der Waals surface area contributed by atoms with E-state index in [4.69, 9.17) is 0 Å². The van der Waals surface area contributed by atoms with Crippen LogP contribution in [0, 0.1) is 5.92 Å². The van der Waals surface area contributed by atoms with Crippen molar-refractivity contribution in [2.75, 3.05) is 25.4 Å². The van der Waals surface area contributed by atoms with E-state index in [0.29, 0.717) is 25.9 Å². The maximum atomic E-state index is 13.4. The van der Waals surface area contributed by atoms with Crippen LogP contribution >= 0.6 is 0 Å². The largest absolute Gasteiger partial charge is 0.334 e. The van der Waals surface area contributed by atoms with Crippen molar-refractivity contribution in [1.82, 2.24) is 24.4 Å². The third-order valence-corrected chi connectivity index (χ3v) is 8.22. The summed E-state index contributed by atoms with van der Waals surface area (Å²) < 4.78 is 25.8. The summed E-state index contributed by atoms with van der Waals surface area (Å²) in [7, 11) is -3.19. The number of sulfonamides is 1. The first-order valence-electron chi connectivity index (χ1n) is 10.7. The van der Waals surface area contributed by atoms with Crippen molar-refractivity contribution in [3.05, 3.63) is 36.4 Å².